The molecule has 1 aromatic carbocycles. The monoisotopic (exact) mass is 356 g/mol. The third-order valence-electron chi connectivity index (χ3n) is 4.54. The molecule has 2 aliphatic rings. The van der Waals surface area contributed by atoms with Crippen LogP contribution in [-0.4, -0.2) is 38.3 Å². The Hall–Kier alpha value is -1.11. The van der Waals surface area contributed by atoms with E-state index in [0.717, 1.165) is 6.54 Å². The maximum atomic E-state index is 12.6. The number of rotatable bonds is 5. The number of nitrogens with one attached hydrogen (secondary N) is 1. The second-order valence-corrected chi connectivity index (χ2v) is 8.70. The molecule has 1 amide bonds. The first-order chi connectivity index (χ1) is 11.0. The van der Waals surface area contributed by atoms with Crippen LogP contribution < -0.4 is 5.32 Å². The number of carbonyl (C=O) groups is 1. The van der Waals surface area contributed by atoms with Crippen LogP contribution in [0.3, 0.4) is 0 Å². The largest absolute Gasteiger partial charge is 0.356 e. The molecule has 0 atom stereocenters. The van der Waals surface area contributed by atoms with Crippen molar-refractivity contribution in [3.8, 4) is 0 Å². The van der Waals surface area contributed by atoms with Gasteiger partial charge in [-0.25, -0.2) is 8.42 Å². The smallest absolute Gasteiger partial charge is 0.243 e. The minimum absolute atomic E-state index is 0.0699. The van der Waals surface area contributed by atoms with E-state index in [0.29, 0.717) is 36.9 Å². The number of amides is 1. The Kier molecular flexibility index (Phi) is 4.94. The van der Waals surface area contributed by atoms with Gasteiger partial charge in [0.1, 0.15) is 0 Å². The number of halogens is 1. The first-order valence-corrected chi connectivity index (χ1v) is 9.82. The van der Waals surface area contributed by atoms with Crippen LogP contribution in [0.4, 0.5) is 0 Å². The fourth-order valence-corrected chi connectivity index (χ4v) is 4.42. The molecule has 126 valence electrons. The molecule has 0 spiro atoms. The summed E-state index contributed by atoms with van der Waals surface area (Å²) in [5.41, 5.74) is 0. The van der Waals surface area contributed by atoms with Crippen LogP contribution in [0.25, 0.3) is 0 Å². The van der Waals surface area contributed by atoms with Gasteiger partial charge in [0.05, 0.1) is 4.90 Å². The van der Waals surface area contributed by atoms with Gasteiger partial charge in [-0.2, -0.15) is 4.31 Å². The molecule has 1 aromatic rings. The zero-order valence-electron chi connectivity index (χ0n) is 12.9. The van der Waals surface area contributed by atoms with E-state index in [2.05, 4.69) is 5.32 Å². The molecule has 7 heteroatoms. The molecule has 1 saturated heterocycles. The molecular formula is C16H21ClN2O3S. The number of hydrogen-bond acceptors (Lipinski definition) is 3. The maximum Gasteiger partial charge on any atom is 0.243 e. The van der Waals surface area contributed by atoms with Crippen LogP contribution in [0.2, 0.25) is 5.02 Å². The predicted molar refractivity (Wildman–Crippen MR) is 88.7 cm³/mol. The van der Waals surface area contributed by atoms with Gasteiger partial charge in [0, 0.05) is 30.6 Å². The fourth-order valence-electron chi connectivity index (χ4n) is 2.83. The van der Waals surface area contributed by atoms with Crippen molar-refractivity contribution in [1.82, 2.24) is 9.62 Å². The zero-order valence-corrected chi connectivity index (χ0v) is 14.4. The molecule has 1 saturated carbocycles. The molecular weight excluding hydrogens is 336 g/mol. The molecule has 0 unspecified atom stereocenters. The zero-order chi connectivity index (χ0) is 16.4. The van der Waals surface area contributed by atoms with Gasteiger partial charge in [0.15, 0.2) is 0 Å². The molecule has 1 aliphatic carbocycles. The van der Waals surface area contributed by atoms with Gasteiger partial charge in [0.25, 0.3) is 0 Å². The Morgan fingerprint density at radius 2 is 1.74 bits per heavy atom. The van der Waals surface area contributed by atoms with Gasteiger partial charge in [0.2, 0.25) is 15.9 Å². The highest BCUT2D eigenvalue weighted by Crippen LogP contribution is 2.28. The standard InChI is InChI=1S/C16H21ClN2O3S/c17-14-3-5-15(6-4-14)23(21,22)19-9-7-13(8-10-19)16(20)18-11-12-1-2-12/h3-6,12-13H,1-2,7-11H2,(H,18,20). The number of piperidine rings is 1. The van der Waals surface area contributed by atoms with Crippen molar-refractivity contribution >= 4 is 27.5 Å². The van der Waals surface area contributed by atoms with E-state index in [9.17, 15) is 13.2 Å². The Labute approximate surface area is 142 Å². The first-order valence-electron chi connectivity index (χ1n) is 8.00. The van der Waals surface area contributed by atoms with Crippen LogP contribution in [0, 0.1) is 11.8 Å². The molecule has 5 nitrogen and oxygen atoms in total. The molecule has 2 fully saturated rings. The van der Waals surface area contributed by atoms with Crippen molar-refractivity contribution in [2.24, 2.45) is 11.8 Å². The lowest BCUT2D eigenvalue weighted by atomic mass is 9.97. The van der Waals surface area contributed by atoms with Crippen molar-refractivity contribution in [1.29, 1.82) is 0 Å². The third kappa shape index (κ3) is 4.05. The highest BCUT2D eigenvalue weighted by Gasteiger charge is 2.32. The van der Waals surface area contributed by atoms with E-state index in [1.165, 1.54) is 29.3 Å². The Balaban J connectivity index is 1.57. The summed E-state index contributed by atoms with van der Waals surface area (Å²) in [7, 11) is -3.50. The number of sulfonamides is 1. The average molecular weight is 357 g/mol. The van der Waals surface area contributed by atoms with Crippen molar-refractivity contribution in [2.75, 3.05) is 19.6 Å². The molecule has 0 radical (unpaired) electrons. The molecule has 1 heterocycles. The quantitative estimate of drug-likeness (QED) is 0.880. The maximum absolute atomic E-state index is 12.6. The van der Waals surface area contributed by atoms with Crippen molar-refractivity contribution < 1.29 is 13.2 Å². The van der Waals surface area contributed by atoms with Crippen molar-refractivity contribution in [3.63, 3.8) is 0 Å². The van der Waals surface area contributed by atoms with E-state index in [1.54, 1.807) is 12.1 Å². The van der Waals surface area contributed by atoms with Crippen LogP contribution in [0.5, 0.6) is 0 Å². The van der Waals surface area contributed by atoms with Gasteiger partial charge >= 0.3 is 0 Å². The number of hydrogen-bond donors (Lipinski definition) is 1. The summed E-state index contributed by atoms with van der Waals surface area (Å²) >= 11 is 5.80. The lowest BCUT2D eigenvalue weighted by molar-refractivity contribution is -0.126. The number of benzene rings is 1. The SMILES string of the molecule is O=C(NCC1CC1)C1CCN(S(=O)(=O)c2ccc(Cl)cc2)CC1. The van der Waals surface area contributed by atoms with E-state index >= 15 is 0 Å². The third-order valence-corrected chi connectivity index (χ3v) is 6.70. The second kappa shape index (κ2) is 6.79. The molecule has 0 aromatic heterocycles. The van der Waals surface area contributed by atoms with E-state index in [-0.39, 0.29) is 16.7 Å². The molecule has 0 bridgehead atoms. The predicted octanol–water partition coefficient (Wildman–Crippen LogP) is 2.27. The lowest BCUT2D eigenvalue weighted by Gasteiger charge is -2.30. The minimum Gasteiger partial charge on any atom is -0.356 e. The average Bonchev–Trinajstić information content (AvgIpc) is 3.37. The highest BCUT2D eigenvalue weighted by atomic mass is 35.5. The van der Waals surface area contributed by atoms with Gasteiger partial charge in [-0.05, 0) is 55.9 Å². The summed E-state index contributed by atoms with van der Waals surface area (Å²) in [6.45, 7) is 1.53. The van der Waals surface area contributed by atoms with Crippen LogP contribution in [0.1, 0.15) is 25.7 Å². The summed E-state index contributed by atoms with van der Waals surface area (Å²) in [6, 6.07) is 6.19. The van der Waals surface area contributed by atoms with Crippen molar-refractivity contribution in [2.45, 2.75) is 30.6 Å². The second-order valence-electron chi connectivity index (χ2n) is 6.32. The highest BCUT2D eigenvalue weighted by molar-refractivity contribution is 7.89. The fraction of sp³-hybridized carbons (Fsp3) is 0.562. The first kappa shape index (κ1) is 16.7. The molecule has 1 aliphatic heterocycles. The summed E-state index contributed by atoms with van der Waals surface area (Å²) < 4.78 is 26.6. The van der Waals surface area contributed by atoms with Gasteiger partial charge in [-0.15, -0.1) is 0 Å². The summed E-state index contributed by atoms with van der Waals surface area (Å²) in [6.07, 6.45) is 3.56. The van der Waals surface area contributed by atoms with Gasteiger partial charge in [-0.3, -0.25) is 4.79 Å². The van der Waals surface area contributed by atoms with Crippen molar-refractivity contribution in [3.05, 3.63) is 29.3 Å². The lowest BCUT2D eigenvalue weighted by Crippen LogP contribution is -2.43. The molecule has 1 N–H and O–H groups in total. The van der Waals surface area contributed by atoms with E-state index in [1.807, 2.05) is 0 Å². The summed E-state index contributed by atoms with van der Waals surface area (Å²) in [5, 5.41) is 3.49. The molecule has 23 heavy (non-hydrogen) atoms. The summed E-state index contributed by atoms with van der Waals surface area (Å²) in [4.78, 5) is 12.3. The Morgan fingerprint density at radius 3 is 2.30 bits per heavy atom. The van der Waals surface area contributed by atoms with E-state index < -0.39 is 10.0 Å². The molecule has 3 rings (SSSR count). The number of nitrogens with zero attached hydrogens (tertiary/aromatic N) is 1. The Morgan fingerprint density at radius 1 is 1.13 bits per heavy atom. The minimum atomic E-state index is -3.50. The van der Waals surface area contributed by atoms with Gasteiger partial charge < -0.3 is 5.32 Å². The van der Waals surface area contributed by atoms with Gasteiger partial charge in [-0.1, -0.05) is 11.6 Å². The van der Waals surface area contributed by atoms with Crippen LogP contribution in [0.15, 0.2) is 29.2 Å². The van der Waals surface area contributed by atoms with E-state index in [4.69, 9.17) is 11.6 Å². The van der Waals surface area contributed by atoms with Crippen LogP contribution >= 0.6 is 11.6 Å². The number of carbonyl (C=O) groups excluding carboxylic acids is 1. The Bertz CT molecular complexity index is 663. The van der Waals surface area contributed by atoms with Crippen LogP contribution in [-0.2, 0) is 14.8 Å². The topological polar surface area (TPSA) is 66.5 Å². The normalized spacial score (nSPS) is 20.4. The summed E-state index contributed by atoms with van der Waals surface area (Å²) in [5.74, 6) is 0.648.